The summed E-state index contributed by atoms with van der Waals surface area (Å²) in [4.78, 5) is 4.38. The fourth-order valence-corrected chi connectivity index (χ4v) is 2.01. The molecule has 0 aromatic heterocycles. The van der Waals surface area contributed by atoms with Crippen LogP contribution in [0.5, 0.6) is 0 Å². The van der Waals surface area contributed by atoms with Crippen molar-refractivity contribution in [2.24, 2.45) is 4.99 Å². The summed E-state index contributed by atoms with van der Waals surface area (Å²) in [7, 11) is 0. The number of para-hydroxylation sites is 1. The number of rotatable bonds is 1. The molecule has 1 aliphatic heterocycles. The van der Waals surface area contributed by atoms with Crippen molar-refractivity contribution in [3.05, 3.63) is 83.3 Å². The van der Waals surface area contributed by atoms with E-state index in [1.165, 1.54) is 12.4 Å². The Balaban J connectivity index is 2.19. The highest BCUT2D eigenvalue weighted by atomic mass is 16.5. The van der Waals surface area contributed by atoms with Crippen LogP contribution in [0.1, 0.15) is 11.1 Å². The summed E-state index contributed by atoms with van der Waals surface area (Å²) in [6.07, 6.45) is 2.96. The van der Waals surface area contributed by atoms with Crippen LogP contribution in [0.2, 0.25) is 0 Å². The Hall–Kier alpha value is -2.39. The van der Waals surface area contributed by atoms with Crippen LogP contribution in [0, 0.1) is 5.21 Å². The molecule has 0 fully saturated rings. The molecule has 0 N–H and O–H groups in total. The van der Waals surface area contributed by atoms with Crippen LogP contribution in [0.4, 0.5) is 5.69 Å². The molecule has 0 atom stereocenters. The van der Waals surface area contributed by atoms with Gasteiger partial charge in [-0.1, -0.05) is 48.5 Å². The van der Waals surface area contributed by atoms with Gasteiger partial charge in [0.2, 0.25) is 0 Å². The largest absolute Gasteiger partial charge is 0.754 e. The Labute approximate surface area is 105 Å². The van der Waals surface area contributed by atoms with Gasteiger partial charge in [0.1, 0.15) is 0 Å². The second-order valence-corrected chi connectivity index (χ2v) is 3.98. The van der Waals surface area contributed by atoms with E-state index in [1.54, 1.807) is 6.07 Å². The first-order valence-electron chi connectivity index (χ1n) is 5.72. The van der Waals surface area contributed by atoms with Crippen LogP contribution in [-0.4, -0.2) is 5.71 Å². The predicted octanol–water partition coefficient (Wildman–Crippen LogP) is 3.31. The first kappa shape index (κ1) is 10.7. The van der Waals surface area contributed by atoms with Gasteiger partial charge in [0.25, 0.3) is 0 Å². The Morgan fingerprint density at radius 1 is 0.889 bits per heavy atom. The van der Waals surface area contributed by atoms with Crippen LogP contribution in [-0.2, 0) is 0 Å². The van der Waals surface area contributed by atoms with E-state index in [4.69, 9.17) is 0 Å². The van der Waals surface area contributed by atoms with Crippen molar-refractivity contribution in [2.45, 2.75) is 0 Å². The molecule has 0 spiro atoms. The smallest absolute Gasteiger partial charge is 0.0795 e. The molecule has 1 aliphatic rings. The van der Waals surface area contributed by atoms with E-state index >= 15 is 0 Å². The summed E-state index contributed by atoms with van der Waals surface area (Å²) >= 11 is 0. The second-order valence-electron chi connectivity index (χ2n) is 3.98. The second kappa shape index (κ2) is 4.47. The SMILES string of the molecule is [O-]N1C=CN=C(c2ccccc2)c2ccccc21. The molecule has 2 aromatic rings. The number of hydroxylamine groups is 1. The predicted molar refractivity (Wildman–Crippen MR) is 73.5 cm³/mol. The van der Waals surface area contributed by atoms with Crippen molar-refractivity contribution in [3.63, 3.8) is 0 Å². The van der Waals surface area contributed by atoms with Crippen LogP contribution < -0.4 is 5.06 Å². The van der Waals surface area contributed by atoms with Gasteiger partial charge in [-0.2, -0.15) is 0 Å². The molecular weight excluding hydrogens is 224 g/mol. The summed E-state index contributed by atoms with van der Waals surface area (Å²) < 4.78 is 0. The first-order valence-corrected chi connectivity index (χ1v) is 5.72. The van der Waals surface area contributed by atoms with Crippen molar-refractivity contribution in [1.29, 1.82) is 0 Å². The van der Waals surface area contributed by atoms with Crippen LogP contribution in [0.3, 0.4) is 0 Å². The molecule has 2 aromatic carbocycles. The number of hydrogen-bond donors (Lipinski definition) is 0. The van der Waals surface area contributed by atoms with E-state index in [-0.39, 0.29) is 0 Å². The summed E-state index contributed by atoms with van der Waals surface area (Å²) in [6, 6.07) is 17.3. The highest BCUT2D eigenvalue weighted by molar-refractivity contribution is 6.16. The highest BCUT2D eigenvalue weighted by Crippen LogP contribution is 2.25. The molecular formula is C15H11N2O-. The highest BCUT2D eigenvalue weighted by Gasteiger charge is 2.12. The van der Waals surface area contributed by atoms with Crippen LogP contribution >= 0.6 is 0 Å². The lowest BCUT2D eigenvalue weighted by Gasteiger charge is -2.27. The molecule has 0 bridgehead atoms. The summed E-state index contributed by atoms with van der Waals surface area (Å²) in [5, 5.41) is 12.7. The summed E-state index contributed by atoms with van der Waals surface area (Å²) in [6.45, 7) is 0. The Morgan fingerprint density at radius 2 is 1.61 bits per heavy atom. The third kappa shape index (κ3) is 1.81. The first-order chi connectivity index (χ1) is 8.86. The zero-order valence-corrected chi connectivity index (χ0v) is 9.65. The third-order valence-electron chi connectivity index (χ3n) is 2.85. The van der Waals surface area contributed by atoms with Gasteiger partial charge in [-0.25, -0.2) is 0 Å². The normalized spacial score (nSPS) is 13.8. The van der Waals surface area contributed by atoms with Gasteiger partial charge in [0.05, 0.1) is 5.71 Å². The van der Waals surface area contributed by atoms with Crippen LogP contribution in [0.15, 0.2) is 72.0 Å². The topological polar surface area (TPSA) is 38.7 Å². The molecule has 0 amide bonds. The van der Waals surface area contributed by atoms with Gasteiger partial charge in [0.15, 0.2) is 0 Å². The molecule has 18 heavy (non-hydrogen) atoms. The number of anilines is 1. The van der Waals surface area contributed by atoms with Gasteiger partial charge < -0.3 is 10.3 Å². The summed E-state index contributed by atoms with van der Waals surface area (Å²) in [5.74, 6) is 0. The minimum atomic E-state index is 0.619. The van der Waals surface area contributed by atoms with E-state index in [0.717, 1.165) is 21.9 Å². The molecule has 1 heterocycles. The van der Waals surface area contributed by atoms with E-state index in [0.29, 0.717) is 5.69 Å². The van der Waals surface area contributed by atoms with Crippen LogP contribution in [0.25, 0.3) is 0 Å². The van der Waals surface area contributed by atoms with Gasteiger partial charge in [-0.05, 0) is 6.07 Å². The molecule has 3 heteroatoms. The molecule has 88 valence electrons. The van der Waals surface area contributed by atoms with E-state index < -0.39 is 0 Å². The minimum absolute atomic E-state index is 0.619. The van der Waals surface area contributed by atoms with Crippen molar-refractivity contribution >= 4 is 11.4 Å². The van der Waals surface area contributed by atoms with Crippen molar-refractivity contribution in [3.8, 4) is 0 Å². The minimum Gasteiger partial charge on any atom is -0.754 e. The average Bonchev–Trinajstić information content (AvgIpc) is 2.60. The fourth-order valence-electron chi connectivity index (χ4n) is 2.01. The monoisotopic (exact) mass is 235 g/mol. The molecule has 3 rings (SSSR count). The zero-order valence-electron chi connectivity index (χ0n) is 9.65. The fraction of sp³-hybridized carbons (Fsp3) is 0. The number of hydrogen-bond acceptors (Lipinski definition) is 3. The molecule has 3 nitrogen and oxygen atoms in total. The maximum atomic E-state index is 11.8. The lowest BCUT2D eigenvalue weighted by molar-refractivity contribution is 1.29. The number of benzene rings is 2. The maximum Gasteiger partial charge on any atom is 0.0795 e. The van der Waals surface area contributed by atoms with E-state index in [2.05, 4.69) is 4.99 Å². The molecule has 0 radical (unpaired) electrons. The number of aliphatic imine (C=N–C) groups is 1. The lowest BCUT2D eigenvalue weighted by Crippen LogP contribution is -2.10. The van der Waals surface area contributed by atoms with Crippen molar-refractivity contribution < 1.29 is 0 Å². The third-order valence-corrected chi connectivity index (χ3v) is 2.85. The standard InChI is InChI=1S/C15H11N2O/c18-17-11-10-16-15(12-6-2-1-3-7-12)13-8-4-5-9-14(13)17/h1-11H/q-1. The van der Waals surface area contributed by atoms with Gasteiger partial charge in [-0.15, -0.1) is 0 Å². The van der Waals surface area contributed by atoms with Gasteiger partial charge in [0, 0.05) is 29.2 Å². The van der Waals surface area contributed by atoms with Crippen molar-refractivity contribution in [1.82, 2.24) is 0 Å². The molecule has 0 aliphatic carbocycles. The van der Waals surface area contributed by atoms with Gasteiger partial charge in [-0.3, -0.25) is 4.99 Å². The van der Waals surface area contributed by atoms with E-state index in [9.17, 15) is 5.21 Å². The maximum absolute atomic E-state index is 11.8. The molecule has 0 saturated heterocycles. The number of nitrogens with zero attached hydrogens (tertiary/aromatic N) is 2. The molecule has 0 unspecified atom stereocenters. The van der Waals surface area contributed by atoms with E-state index in [1.807, 2.05) is 48.5 Å². The summed E-state index contributed by atoms with van der Waals surface area (Å²) in [5.41, 5.74) is 3.29. The molecule has 0 saturated carbocycles. The average molecular weight is 235 g/mol. The lowest BCUT2D eigenvalue weighted by atomic mass is 10.0. The number of fused-ring (bicyclic) bond motifs is 1. The Morgan fingerprint density at radius 3 is 2.44 bits per heavy atom. The van der Waals surface area contributed by atoms with Gasteiger partial charge >= 0.3 is 0 Å². The Bertz CT molecular complexity index is 617. The zero-order chi connectivity index (χ0) is 12.4. The Kier molecular flexibility index (Phi) is 2.67. The van der Waals surface area contributed by atoms with Crippen molar-refractivity contribution in [2.75, 3.05) is 5.06 Å². The quantitative estimate of drug-likeness (QED) is 0.760.